The van der Waals surface area contributed by atoms with Gasteiger partial charge >= 0.3 is 23.9 Å². The summed E-state index contributed by atoms with van der Waals surface area (Å²) in [4.78, 5) is 69.2. The van der Waals surface area contributed by atoms with Gasteiger partial charge in [-0.1, -0.05) is 123 Å². The zero-order valence-electron chi connectivity index (χ0n) is 35.8. The summed E-state index contributed by atoms with van der Waals surface area (Å²) in [7, 11) is 0. The predicted molar refractivity (Wildman–Crippen MR) is 212 cm³/mol. The summed E-state index contributed by atoms with van der Waals surface area (Å²) in [6.07, 6.45) is 0.377. The Morgan fingerprint density at radius 3 is 0.833 bits per heavy atom. The van der Waals surface area contributed by atoms with Crippen LogP contribution in [0, 0.1) is 21.7 Å². The van der Waals surface area contributed by atoms with Crippen molar-refractivity contribution in [1.82, 2.24) is 0 Å². The number of esters is 4. The zero-order valence-corrected chi connectivity index (χ0v) is 35.8. The van der Waals surface area contributed by atoms with E-state index in [1.54, 1.807) is 0 Å². The van der Waals surface area contributed by atoms with Crippen LogP contribution < -0.4 is 0 Å². The lowest BCUT2D eigenvalue weighted by Gasteiger charge is -2.30. The molecule has 0 heterocycles. The third kappa shape index (κ3) is 12.0. The number of ether oxygens (including phenoxy) is 4. The van der Waals surface area contributed by atoms with Gasteiger partial charge in [0.2, 0.25) is 0 Å². The van der Waals surface area contributed by atoms with Crippen LogP contribution in [0.4, 0.5) is 0 Å². The molecule has 0 aliphatic rings. The van der Waals surface area contributed by atoms with E-state index >= 15 is 0 Å². The lowest BCUT2D eigenvalue weighted by molar-refractivity contribution is -0.00794. The molecule has 0 amide bonds. The molecular formula is C45H66O9. The fourth-order valence-corrected chi connectivity index (χ4v) is 6.49. The second-order valence-electron chi connectivity index (χ2n) is 18.5. The Morgan fingerprint density at radius 1 is 0.407 bits per heavy atom. The number of hydrogen-bond donors (Lipinski definition) is 0. The Hall–Kier alpha value is -4.01. The van der Waals surface area contributed by atoms with Gasteiger partial charge in [0.05, 0.1) is 22.3 Å². The third-order valence-corrected chi connectivity index (χ3v) is 9.79. The maximum Gasteiger partial charge on any atom is 0.339 e. The molecule has 0 aliphatic heterocycles. The van der Waals surface area contributed by atoms with E-state index in [0.717, 1.165) is 0 Å². The maximum absolute atomic E-state index is 14.2. The summed E-state index contributed by atoms with van der Waals surface area (Å²) in [6, 6.07) is 8.33. The Bertz CT molecular complexity index is 1540. The van der Waals surface area contributed by atoms with Crippen molar-refractivity contribution in [1.29, 1.82) is 0 Å². The SMILES string of the molecule is CCC(OC(=O)c1ccc(C(=O)c2ccc(C(=O)OC(CC)C(C)(C)C)c(C(=O)OC(CC)C(C)(C)C)c2)cc1C(=O)OC(CC)C(C)(C)C)C(C)(C)C. The number of hydrogen-bond acceptors (Lipinski definition) is 9. The standard InChI is InChI=1S/C45H66O9/c1-17-33(42(5,6)7)51-38(47)29-23-21-27(25-31(29)40(49)53-35(19-3)44(11,12)13)37(46)28-22-24-30(39(48)52-34(18-2)43(8,9)10)32(26-28)41(50)54-36(20-4)45(14,15)16/h21-26,33-36H,17-20H2,1-16H3. The van der Waals surface area contributed by atoms with Gasteiger partial charge in [0.15, 0.2) is 5.78 Å². The zero-order chi connectivity index (χ0) is 41.6. The average molecular weight is 751 g/mol. The minimum absolute atomic E-state index is 0.0255. The van der Waals surface area contributed by atoms with Crippen molar-refractivity contribution in [2.75, 3.05) is 0 Å². The van der Waals surface area contributed by atoms with Crippen LogP contribution in [0.25, 0.3) is 0 Å². The van der Waals surface area contributed by atoms with Crippen LogP contribution in [-0.4, -0.2) is 54.1 Å². The van der Waals surface area contributed by atoms with Gasteiger partial charge in [0.1, 0.15) is 24.4 Å². The molecule has 300 valence electrons. The van der Waals surface area contributed by atoms with Crippen molar-refractivity contribution in [3.8, 4) is 0 Å². The molecule has 0 fully saturated rings. The molecule has 0 saturated carbocycles. The molecule has 2 aromatic rings. The van der Waals surface area contributed by atoms with Gasteiger partial charge in [-0.05, 0) is 71.6 Å². The van der Waals surface area contributed by atoms with Crippen LogP contribution in [0.2, 0.25) is 0 Å². The Labute approximate surface area is 324 Å². The fraction of sp³-hybridized carbons (Fsp3) is 0.622. The van der Waals surface area contributed by atoms with Crippen molar-refractivity contribution in [3.63, 3.8) is 0 Å². The first-order valence-corrected chi connectivity index (χ1v) is 19.4. The molecule has 0 N–H and O–H groups in total. The summed E-state index contributed by atoms with van der Waals surface area (Å²) in [5.41, 5.74) is -1.62. The highest BCUT2D eigenvalue weighted by Gasteiger charge is 2.34. The second kappa shape index (κ2) is 18.1. The second-order valence-corrected chi connectivity index (χ2v) is 18.5. The van der Waals surface area contributed by atoms with E-state index in [-0.39, 0.29) is 55.0 Å². The summed E-state index contributed by atoms with van der Waals surface area (Å²) < 4.78 is 23.7. The molecular weight excluding hydrogens is 684 g/mol. The van der Waals surface area contributed by atoms with Crippen molar-refractivity contribution < 1.29 is 42.9 Å². The van der Waals surface area contributed by atoms with E-state index in [2.05, 4.69) is 0 Å². The predicted octanol–water partition coefficient (Wildman–Crippen LogP) is 10.8. The van der Waals surface area contributed by atoms with E-state index in [9.17, 15) is 24.0 Å². The minimum Gasteiger partial charge on any atom is -0.458 e. The van der Waals surface area contributed by atoms with E-state index in [1.807, 2.05) is 111 Å². The Balaban J connectivity index is 2.76. The molecule has 9 heteroatoms. The highest BCUT2D eigenvalue weighted by Crippen LogP contribution is 2.32. The normalized spacial score (nSPS) is 14.7. The number of carbonyl (C=O) groups is 5. The van der Waals surface area contributed by atoms with E-state index in [0.29, 0.717) is 25.7 Å². The topological polar surface area (TPSA) is 122 Å². The van der Waals surface area contributed by atoms with Crippen molar-refractivity contribution >= 4 is 29.7 Å². The first-order chi connectivity index (χ1) is 24.7. The van der Waals surface area contributed by atoms with Crippen LogP contribution in [-0.2, 0) is 18.9 Å². The molecule has 0 saturated heterocycles. The smallest absolute Gasteiger partial charge is 0.339 e. The van der Waals surface area contributed by atoms with Gasteiger partial charge in [0.25, 0.3) is 0 Å². The number of ketones is 1. The quantitative estimate of drug-likeness (QED) is 0.105. The Morgan fingerprint density at radius 2 is 0.630 bits per heavy atom. The largest absolute Gasteiger partial charge is 0.458 e. The molecule has 0 aliphatic carbocycles. The number of rotatable bonds is 14. The molecule has 4 atom stereocenters. The van der Waals surface area contributed by atoms with Gasteiger partial charge in [-0.2, -0.15) is 0 Å². The summed E-state index contributed by atoms with van der Waals surface area (Å²) in [6.45, 7) is 31.2. The molecule has 4 unspecified atom stereocenters. The molecule has 0 aromatic heterocycles. The van der Waals surface area contributed by atoms with E-state index in [1.165, 1.54) is 36.4 Å². The summed E-state index contributed by atoms with van der Waals surface area (Å²) >= 11 is 0. The maximum atomic E-state index is 14.2. The van der Waals surface area contributed by atoms with Crippen LogP contribution in [0.3, 0.4) is 0 Å². The van der Waals surface area contributed by atoms with Crippen molar-refractivity contribution in [2.24, 2.45) is 21.7 Å². The van der Waals surface area contributed by atoms with Gasteiger partial charge in [-0.15, -0.1) is 0 Å². The molecule has 0 spiro atoms. The van der Waals surface area contributed by atoms with Crippen LogP contribution in [0.15, 0.2) is 36.4 Å². The average Bonchev–Trinajstić information content (AvgIpc) is 3.07. The highest BCUT2D eigenvalue weighted by molar-refractivity contribution is 6.13. The van der Waals surface area contributed by atoms with Crippen molar-refractivity contribution in [3.05, 3.63) is 69.8 Å². The molecule has 0 radical (unpaired) electrons. The minimum atomic E-state index is -0.762. The van der Waals surface area contributed by atoms with Crippen LogP contribution >= 0.6 is 0 Å². The molecule has 0 bridgehead atoms. The third-order valence-electron chi connectivity index (χ3n) is 9.79. The highest BCUT2D eigenvalue weighted by atomic mass is 16.6. The van der Waals surface area contributed by atoms with Gasteiger partial charge < -0.3 is 18.9 Å². The summed E-state index contributed by atoms with van der Waals surface area (Å²) in [5, 5.41) is 0. The first-order valence-electron chi connectivity index (χ1n) is 19.4. The fourth-order valence-electron chi connectivity index (χ4n) is 6.49. The monoisotopic (exact) mass is 750 g/mol. The Kier molecular flexibility index (Phi) is 15.5. The first kappa shape index (κ1) is 46.1. The lowest BCUT2D eigenvalue weighted by atomic mass is 9.87. The molecule has 2 rings (SSSR count). The van der Waals surface area contributed by atoms with E-state index < -0.39 is 54.1 Å². The van der Waals surface area contributed by atoms with Crippen LogP contribution in [0.5, 0.6) is 0 Å². The van der Waals surface area contributed by atoms with Gasteiger partial charge in [0, 0.05) is 11.1 Å². The molecule has 54 heavy (non-hydrogen) atoms. The van der Waals surface area contributed by atoms with E-state index in [4.69, 9.17) is 18.9 Å². The van der Waals surface area contributed by atoms with Gasteiger partial charge in [-0.3, -0.25) is 4.79 Å². The van der Waals surface area contributed by atoms with Crippen molar-refractivity contribution in [2.45, 2.75) is 161 Å². The lowest BCUT2D eigenvalue weighted by Crippen LogP contribution is -2.33. The van der Waals surface area contributed by atoms with Gasteiger partial charge in [-0.25, -0.2) is 19.2 Å². The number of carbonyl (C=O) groups excluding carboxylic acids is 5. The number of benzene rings is 2. The summed E-state index contributed by atoms with van der Waals surface area (Å²) in [5.74, 6) is -3.48. The molecule has 2 aromatic carbocycles. The van der Waals surface area contributed by atoms with Crippen LogP contribution in [0.1, 0.15) is 194 Å². The molecule has 9 nitrogen and oxygen atoms in total.